The quantitative estimate of drug-likeness (QED) is 0.554. The lowest BCUT2D eigenvalue weighted by molar-refractivity contribution is 0.0491. The third-order valence-corrected chi connectivity index (χ3v) is 5.61. The first-order chi connectivity index (χ1) is 14.6. The van der Waals surface area contributed by atoms with Crippen molar-refractivity contribution in [3.05, 3.63) is 34.5 Å². The Labute approximate surface area is 181 Å². The number of hydrogen-bond donors (Lipinski definition) is 2. The molecule has 1 saturated heterocycles. The number of ether oxygens (including phenoxy) is 2. The summed E-state index contributed by atoms with van der Waals surface area (Å²) < 4.78 is 14.1. The first-order valence-corrected chi connectivity index (χ1v) is 10.4. The van der Waals surface area contributed by atoms with Gasteiger partial charge in [-0.25, -0.2) is 14.5 Å². The number of hydrogen-bond acceptors (Lipinski definition) is 9. The van der Waals surface area contributed by atoms with E-state index < -0.39 is 0 Å². The van der Waals surface area contributed by atoms with Crippen LogP contribution >= 0.6 is 15.9 Å². The third-order valence-electron chi connectivity index (χ3n) is 4.97. The molecular formula is C19H21BrN8O2. The van der Waals surface area contributed by atoms with Crippen molar-refractivity contribution in [3.8, 4) is 11.9 Å². The third kappa shape index (κ3) is 4.15. The molecule has 0 spiro atoms. The zero-order valence-electron chi connectivity index (χ0n) is 16.4. The molecule has 4 heterocycles. The minimum Gasteiger partial charge on any atom is -0.476 e. The van der Waals surface area contributed by atoms with E-state index in [2.05, 4.69) is 41.3 Å². The van der Waals surface area contributed by atoms with Crippen molar-refractivity contribution >= 4 is 33.1 Å². The van der Waals surface area contributed by atoms with Crippen molar-refractivity contribution < 1.29 is 9.47 Å². The van der Waals surface area contributed by atoms with E-state index in [1.807, 2.05) is 25.3 Å². The molecule has 3 aromatic heterocycles. The summed E-state index contributed by atoms with van der Waals surface area (Å²) >= 11 is 3.54. The Balaban J connectivity index is 1.61. The summed E-state index contributed by atoms with van der Waals surface area (Å²) in [4.78, 5) is 12.6. The van der Waals surface area contributed by atoms with Crippen LogP contribution in [0.1, 0.15) is 37.2 Å². The normalized spacial score (nSPS) is 15.6. The molecule has 1 atom stereocenters. The topological polar surface area (TPSA) is 136 Å². The summed E-state index contributed by atoms with van der Waals surface area (Å²) in [6, 6.07) is 3.56. The lowest BCUT2D eigenvalue weighted by Crippen LogP contribution is -2.22. The van der Waals surface area contributed by atoms with E-state index in [1.54, 1.807) is 4.52 Å². The predicted molar refractivity (Wildman–Crippen MR) is 113 cm³/mol. The van der Waals surface area contributed by atoms with Gasteiger partial charge in [-0.15, -0.1) is 0 Å². The first-order valence-electron chi connectivity index (χ1n) is 9.59. The molecule has 1 aliphatic heterocycles. The minimum atomic E-state index is -0.359. The van der Waals surface area contributed by atoms with Crippen molar-refractivity contribution in [1.82, 2.24) is 24.6 Å². The number of nitrogen functional groups attached to an aromatic ring is 1. The van der Waals surface area contributed by atoms with Gasteiger partial charge in [0.25, 0.3) is 0 Å². The minimum absolute atomic E-state index is 0.119. The van der Waals surface area contributed by atoms with Crippen LogP contribution in [0, 0.1) is 17.2 Å². The summed E-state index contributed by atoms with van der Waals surface area (Å²) in [6.45, 7) is 3.96. The van der Waals surface area contributed by atoms with E-state index in [1.165, 1.54) is 6.33 Å². The van der Waals surface area contributed by atoms with Crippen LogP contribution in [-0.4, -0.2) is 44.4 Å². The molecule has 10 nitrogen and oxygen atoms in total. The van der Waals surface area contributed by atoms with E-state index in [4.69, 9.17) is 15.2 Å². The maximum atomic E-state index is 9.35. The maximum absolute atomic E-state index is 9.35. The Morgan fingerprint density at radius 1 is 1.43 bits per heavy atom. The van der Waals surface area contributed by atoms with Crippen molar-refractivity contribution in [3.63, 3.8) is 0 Å². The largest absolute Gasteiger partial charge is 0.476 e. The fraction of sp³-hybridized carbons (Fsp3) is 0.421. The molecule has 0 bridgehead atoms. The number of nitriles is 1. The van der Waals surface area contributed by atoms with Crippen LogP contribution in [0.2, 0.25) is 0 Å². The lowest BCUT2D eigenvalue weighted by Gasteiger charge is -2.22. The molecule has 3 N–H and O–H groups in total. The van der Waals surface area contributed by atoms with E-state index in [-0.39, 0.29) is 17.4 Å². The molecule has 1 fully saturated rings. The average Bonchev–Trinajstić information content (AvgIpc) is 3.14. The second-order valence-electron chi connectivity index (χ2n) is 7.06. The van der Waals surface area contributed by atoms with Crippen LogP contribution < -0.4 is 15.8 Å². The maximum Gasteiger partial charge on any atom is 0.243 e. The first kappa shape index (κ1) is 20.3. The number of nitrogens with two attached hydrogens (primary N) is 1. The van der Waals surface area contributed by atoms with Crippen LogP contribution in [0.3, 0.4) is 0 Å². The van der Waals surface area contributed by atoms with Gasteiger partial charge in [-0.05, 0) is 47.7 Å². The van der Waals surface area contributed by atoms with Gasteiger partial charge in [0, 0.05) is 19.4 Å². The fourth-order valence-corrected chi connectivity index (χ4v) is 3.72. The summed E-state index contributed by atoms with van der Waals surface area (Å²) in [7, 11) is 0. The van der Waals surface area contributed by atoms with Gasteiger partial charge < -0.3 is 20.5 Å². The fourth-order valence-electron chi connectivity index (χ4n) is 3.25. The average molecular weight is 473 g/mol. The highest BCUT2D eigenvalue weighted by atomic mass is 79.9. The molecule has 4 rings (SSSR count). The van der Waals surface area contributed by atoms with Crippen LogP contribution in [-0.2, 0) is 4.74 Å². The Kier molecular flexibility index (Phi) is 5.96. The Bertz CT molecular complexity index is 1090. The lowest BCUT2D eigenvalue weighted by atomic mass is 10.0. The number of aromatic nitrogens is 5. The molecule has 1 unspecified atom stereocenters. The zero-order valence-corrected chi connectivity index (χ0v) is 18.0. The van der Waals surface area contributed by atoms with Crippen LogP contribution in [0.5, 0.6) is 5.88 Å². The molecule has 11 heteroatoms. The highest BCUT2D eigenvalue weighted by Gasteiger charge is 2.21. The second-order valence-corrected chi connectivity index (χ2v) is 7.91. The van der Waals surface area contributed by atoms with Gasteiger partial charge >= 0.3 is 0 Å². The number of anilines is 2. The summed E-state index contributed by atoms with van der Waals surface area (Å²) in [5.41, 5.74) is 6.73. The molecule has 156 valence electrons. The van der Waals surface area contributed by atoms with Crippen LogP contribution in [0.15, 0.2) is 23.1 Å². The molecule has 3 aromatic rings. The molecule has 30 heavy (non-hydrogen) atoms. The van der Waals surface area contributed by atoms with Gasteiger partial charge in [0.15, 0.2) is 5.82 Å². The SMILES string of the molecule is CC(Nc1ncnc(N)c1C#N)c1nc(OCC2CCOCC2)c2c(Br)ccn2n1. The molecule has 0 aliphatic carbocycles. The van der Waals surface area contributed by atoms with Crippen molar-refractivity contribution in [2.45, 2.75) is 25.8 Å². The van der Waals surface area contributed by atoms with E-state index >= 15 is 0 Å². The second kappa shape index (κ2) is 8.81. The van der Waals surface area contributed by atoms with Gasteiger partial charge in [-0.3, -0.25) is 0 Å². The smallest absolute Gasteiger partial charge is 0.243 e. The van der Waals surface area contributed by atoms with Gasteiger partial charge in [0.05, 0.1) is 17.1 Å². The van der Waals surface area contributed by atoms with Crippen molar-refractivity contribution in [2.75, 3.05) is 30.9 Å². The number of nitrogens with one attached hydrogen (secondary N) is 1. The predicted octanol–water partition coefficient (Wildman–Crippen LogP) is 2.71. The molecule has 0 radical (unpaired) electrons. The summed E-state index contributed by atoms with van der Waals surface area (Å²) in [5.74, 6) is 1.88. The van der Waals surface area contributed by atoms with E-state index in [0.717, 1.165) is 36.0 Å². The Hall–Kier alpha value is -2.97. The molecule has 0 aromatic carbocycles. The Morgan fingerprint density at radius 3 is 3.00 bits per heavy atom. The van der Waals surface area contributed by atoms with E-state index in [9.17, 15) is 5.26 Å². The number of nitrogens with zero attached hydrogens (tertiary/aromatic N) is 6. The Morgan fingerprint density at radius 2 is 2.23 bits per heavy atom. The van der Waals surface area contributed by atoms with Gasteiger partial charge in [-0.2, -0.15) is 15.3 Å². The van der Waals surface area contributed by atoms with E-state index in [0.29, 0.717) is 30.0 Å². The van der Waals surface area contributed by atoms with Crippen LogP contribution in [0.25, 0.3) is 5.52 Å². The van der Waals surface area contributed by atoms with Gasteiger partial charge in [-0.1, -0.05) is 0 Å². The standard InChI is InChI=1S/C19H21BrN8O2/c1-11(25-18-13(8-21)16(22)23-10-24-18)17-26-19(15-14(20)2-5-28(15)27-17)30-9-12-3-6-29-7-4-12/h2,5,10-12H,3-4,6-7,9H2,1H3,(H3,22,23,24,25). The summed E-state index contributed by atoms with van der Waals surface area (Å²) in [5, 5.41) is 17.1. The van der Waals surface area contributed by atoms with Crippen LogP contribution in [0.4, 0.5) is 11.6 Å². The number of fused-ring (bicyclic) bond motifs is 1. The molecule has 0 amide bonds. The van der Waals surface area contributed by atoms with Crippen molar-refractivity contribution in [2.24, 2.45) is 5.92 Å². The molecule has 1 aliphatic rings. The summed E-state index contributed by atoms with van der Waals surface area (Å²) in [6.07, 6.45) is 5.09. The van der Waals surface area contributed by atoms with Gasteiger partial charge in [0.1, 0.15) is 35.1 Å². The monoisotopic (exact) mass is 472 g/mol. The van der Waals surface area contributed by atoms with Crippen molar-refractivity contribution in [1.29, 1.82) is 5.26 Å². The number of halogens is 1. The molecule has 0 saturated carbocycles. The van der Waals surface area contributed by atoms with Gasteiger partial charge in [0.2, 0.25) is 5.88 Å². The highest BCUT2D eigenvalue weighted by molar-refractivity contribution is 9.10. The number of rotatable bonds is 6. The zero-order chi connectivity index (χ0) is 21.1. The molecular weight excluding hydrogens is 452 g/mol. The highest BCUT2D eigenvalue weighted by Crippen LogP contribution is 2.29.